The summed E-state index contributed by atoms with van der Waals surface area (Å²) in [4.78, 5) is 17.3. The quantitative estimate of drug-likeness (QED) is 0.717. The Balaban J connectivity index is 2.00. The van der Waals surface area contributed by atoms with Crippen molar-refractivity contribution in [2.24, 2.45) is 0 Å². The van der Waals surface area contributed by atoms with Crippen LogP contribution >= 0.6 is 0 Å². The van der Waals surface area contributed by atoms with Crippen molar-refractivity contribution in [2.45, 2.75) is 31.1 Å². The van der Waals surface area contributed by atoms with Gasteiger partial charge in [-0.15, -0.1) is 0 Å². The van der Waals surface area contributed by atoms with E-state index in [2.05, 4.69) is 23.2 Å². The third-order valence-corrected chi connectivity index (χ3v) is 5.47. The minimum atomic E-state index is -0.0488. The van der Waals surface area contributed by atoms with Crippen molar-refractivity contribution in [1.82, 2.24) is 9.88 Å². The lowest BCUT2D eigenvalue weighted by atomic mass is 9.66. The first-order valence-electron chi connectivity index (χ1n) is 8.93. The van der Waals surface area contributed by atoms with Crippen molar-refractivity contribution in [3.8, 4) is 11.5 Å². The molecule has 3 rings (SSSR count). The molecule has 1 atom stereocenters. The molecule has 1 aromatic carbocycles. The van der Waals surface area contributed by atoms with Gasteiger partial charge >= 0.3 is 0 Å². The number of rotatable bonds is 7. The summed E-state index contributed by atoms with van der Waals surface area (Å²) >= 11 is 0. The van der Waals surface area contributed by atoms with Gasteiger partial charge in [-0.2, -0.15) is 0 Å². The number of fused-ring (bicyclic) bond motifs is 1. The summed E-state index contributed by atoms with van der Waals surface area (Å²) in [5.74, 6) is 1.47. The predicted octanol–water partition coefficient (Wildman–Crippen LogP) is 3.00. The van der Waals surface area contributed by atoms with Crippen LogP contribution in [0.2, 0.25) is 0 Å². The summed E-state index contributed by atoms with van der Waals surface area (Å²) < 4.78 is 10.9. The molecule has 0 N–H and O–H groups in total. The van der Waals surface area contributed by atoms with Crippen molar-refractivity contribution < 1.29 is 14.3 Å². The molecule has 1 heterocycles. The molecule has 2 aromatic rings. The molecule has 0 fully saturated rings. The Morgan fingerprint density at radius 3 is 2.77 bits per heavy atom. The second-order valence-corrected chi connectivity index (χ2v) is 6.97. The Labute approximate surface area is 155 Å². The van der Waals surface area contributed by atoms with Gasteiger partial charge in [0.15, 0.2) is 11.5 Å². The predicted molar refractivity (Wildman–Crippen MR) is 101 cm³/mol. The summed E-state index contributed by atoms with van der Waals surface area (Å²) in [5, 5.41) is 0. The van der Waals surface area contributed by atoms with Crippen LogP contribution in [0.4, 0.5) is 0 Å². The molecule has 0 saturated carbocycles. The van der Waals surface area contributed by atoms with Gasteiger partial charge in [0, 0.05) is 30.9 Å². The highest BCUT2D eigenvalue weighted by molar-refractivity contribution is 5.48. The van der Waals surface area contributed by atoms with Gasteiger partial charge in [-0.3, -0.25) is 9.78 Å². The van der Waals surface area contributed by atoms with Crippen LogP contribution in [-0.4, -0.2) is 44.1 Å². The number of aromatic nitrogens is 1. The summed E-state index contributed by atoms with van der Waals surface area (Å²) in [6.45, 7) is 0.716. The molecule has 5 nitrogen and oxygen atoms in total. The molecule has 1 aliphatic rings. The van der Waals surface area contributed by atoms with Crippen LogP contribution in [-0.2, 0) is 23.1 Å². The molecule has 5 heteroatoms. The summed E-state index contributed by atoms with van der Waals surface area (Å²) in [7, 11) is 5.14. The molecule has 1 unspecified atom stereocenters. The van der Waals surface area contributed by atoms with Gasteiger partial charge in [0.1, 0.15) is 0 Å². The molecule has 138 valence electrons. The van der Waals surface area contributed by atoms with Crippen molar-refractivity contribution in [3.05, 3.63) is 53.3 Å². The molecule has 0 spiro atoms. The Morgan fingerprint density at radius 2 is 2.04 bits per heavy atom. The van der Waals surface area contributed by atoms with E-state index >= 15 is 0 Å². The van der Waals surface area contributed by atoms with E-state index in [9.17, 15) is 4.79 Å². The van der Waals surface area contributed by atoms with Gasteiger partial charge in [-0.05, 0) is 55.0 Å². The summed E-state index contributed by atoms with van der Waals surface area (Å²) in [6.07, 6.45) is 6.50. The molecule has 1 aliphatic carbocycles. The van der Waals surface area contributed by atoms with Crippen LogP contribution in [0.25, 0.3) is 0 Å². The number of methoxy groups -OCH3 is 2. The van der Waals surface area contributed by atoms with Gasteiger partial charge in [-0.1, -0.05) is 12.1 Å². The standard InChI is InChI=1S/C21H26N2O3/c1-23(15-24)12-10-21(9-8-18-16(14-21)5-4-11-22-18)17-6-7-19(25-2)20(13-17)26-3/h4-7,11,13,15H,8-10,12,14H2,1-3H3. The normalized spacial score (nSPS) is 18.7. The fraction of sp³-hybridized carbons (Fsp3) is 0.429. The van der Waals surface area contributed by atoms with E-state index in [0.29, 0.717) is 6.54 Å². The maximum atomic E-state index is 11.1. The Kier molecular flexibility index (Phi) is 5.45. The fourth-order valence-electron chi connectivity index (χ4n) is 3.88. The van der Waals surface area contributed by atoms with Gasteiger partial charge in [0.05, 0.1) is 14.2 Å². The van der Waals surface area contributed by atoms with E-state index in [1.165, 1.54) is 16.8 Å². The zero-order valence-corrected chi connectivity index (χ0v) is 15.7. The van der Waals surface area contributed by atoms with Crippen LogP contribution in [0.3, 0.4) is 0 Å². The van der Waals surface area contributed by atoms with E-state index < -0.39 is 0 Å². The first kappa shape index (κ1) is 18.2. The van der Waals surface area contributed by atoms with E-state index in [4.69, 9.17) is 9.47 Å². The van der Waals surface area contributed by atoms with Crippen LogP contribution in [0.1, 0.15) is 29.7 Å². The number of hydrogen-bond acceptors (Lipinski definition) is 4. The lowest BCUT2D eigenvalue weighted by Gasteiger charge is -2.39. The first-order chi connectivity index (χ1) is 12.6. The van der Waals surface area contributed by atoms with Gasteiger partial charge < -0.3 is 14.4 Å². The van der Waals surface area contributed by atoms with Crippen LogP contribution < -0.4 is 9.47 Å². The summed E-state index contributed by atoms with van der Waals surface area (Å²) in [6, 6.07) is 10.4. The molecule has 1 amide bonds. The number of ether oxygens (including phenoxy) is 2. The Morgan fingerprint density at radius 1 is 1.23 bits per heavy atom. The SMILES string of the molecule is COc1ccc(C2(CCN(C)C=O)CCc3ncccc3C2)cc1OC. The number of pyridine rings is 1. The number of benzene rings is 1. The van der Waals surface area contributed by atoms with Gasteiger partial charge in [-0.25, -0.2) is 0 Å². The van der Waals surface area contributed by atoms with Crippen LogP contribution in [0, 0.1) is 0 Å². The monoisotopic (exact) mass is 354 g/mol. The van der Waals surface area contributed by atoms with E-state index in [0.717, 1.165) is 43.6 Å². The lowest BCUT2D eigenvalue weighted by Crippen LogP contribution is -2.37. The maximum absolute atomic E-state index is 11.1. The Bertz CT molecular complexity index is 778. The molecule has 0 bridgehead atoms. The average Bonchev–Trinajstić information content (AvgIpc) is 2.71. The second kappa shape index (κ2) is 7.77. The fourth-order valence-corrected chi connectivity index (χ4v) is 3.88. The first-order valence-corrected chi connectivity index (χ1v) is 8.93. The third kappa shape index (κ3) is 3.52. The van der Waals surface area contributed by atoms with Gasteiger partial charge in [0.25, 0.3) is 0 Å². The molecular weight excluding hydrogens is 328 g/mol. The summed E-state index contributed by atoms with van der Waals surface area (Å²) in [5.41, 5.74) is 3.66. The number of carbonyl (C=O) groups excluding carboxylic acids is 1. The topological polar surface area (TPSA) is 51.7 Å². The van der Waals surface area contributed by atoms with Crippen molar-refractivity contribution in [3.63, 3.8) is 0 Å². The van der Waals surface area contributed by atoms with E-state index in [-0.39, 0.29) is 5.41 Å². The van der Waals surface area contributed by atoms with E-state index in [1.54, 1.807) is 19.1 Å². The molecule has 0 saturated heterocycles. The zero-order chi connectivity index (χ0) is 18.6. The number of aryl methyl sites for hydroxylation is 1. The average molecular weight is 354 g/mol. The van der Waals surface area contributed by atoms with Crippen LogP contribution in [0.5, 0.6) is 11.5 Å². The zero-order valence-electron chi connectivity index (χ0n) is 15.7. The van der Waals surface area contributed by atoms with E-state index in [1.807, 2.05) is 25.4 Å². The van der Waals surface area contributed by atoms with Crippen LogP contribution in [0.15, 0.2) is 36.5 Å². The highest BCUT2D eigenvalue weighted by atomic mass is 16.5. The lowest BCUT2D eigenvalue weighted by molar-refractivity contribution is -0.117. The number of amides is 1. The highest BCUT2D eigenvalue weighted by Crippen LogP contribution is 2.43. The molecule has 26 heavy (non-hydrogen) atoms. The van der Waals surface area contributed by atoms with Gasteiger partial charge in [0.2, 0.25) is 6.41 Å². The highest BCUT2D eigenvalue weighted by Gasteiger charge is 2.37. The third-order valence-electron chi connectivity index (χ3n) is 5.47. The maximum Gasteiger partial charge on any atom is 0.209 e. The van der Waals surface area contributed by atoms with Crippen molar-refractivity contribution in [1.29, 1.82) is 0 Å². The molecular formula is C21H26N2O3. The molecule has 0 aliphatic heterocycles. The number of hydrogen-bond donors (Lipinski definition) is 0. The largest absolute Gasteiger partial charge is 0.493 e. The smallest absolute Gasteiger partial charge is 0.209 e. The molecule has 1 aromatic heterocycles. The minimum Gasteiger partial charge on any atom is -0.493 e. The minimum absolute atomic E-state index is 0.0488. The molecule has 0 radical (unpaired) electrons. The second-order valence-electron chi connectivity index (χ2n) is 6.97. The number of nitrogens with zero attached hydrogens (tertiary/aromatic N) is 2. The number of carbonyl (C=O) groups is 1. The van der Waals surface area contributed by atoms with Crippen molar-refractivity contribution in [2.75, 3.05) is 27.8 Å². The van der Waals surface area contributed by atoms with Crippen molar-refractivity contribution >= 4 is 6.41 Å². The Hall–Kier alpha value is -2.56.